The Kier molecular flexibility index (Phi) is 4.08. The quantitative estimate of drug-likeness (QED) is 0.615. The van der Waals surface area contributed by atoms with Crippen LogP contribution in [0, 0.1) is 21.4 Å². The van der Waals surface area contributed by atoms with Gasteiger partial charge in [0.25, 0.3) is 0 Å². The van der Waals surface area contributed by atoms with Gasteiger partial charge in [-0.25, -0.2) is 0 Å². The Labute approximate surface area is 124 Å². The van der Waals surface area contributed by atoms with E-state index in [1.807, 2.05) is 6.07 Å². The van der Waals surface area contributed by atoms with E-state index >= 15 is 0 Å². The fourth-order valence-corrected chi connectivity index (χ4v) is 1.85. The van der Waals surface area contributed by atoms with Gasteiger partial charge < -0.3 is 4.74 Å². The average Bonchev–Trinajstić information content (AvgIpc) is 2.42. The summed E-state index contributed by atoms with van der Waals surface area (Å²) in [5.74, 6) is 0.181. The highest BCUT2D eigenvalue weighted by Crippen LogP contribution is 2.35. The van der Waals surface area contributed by atoms with Crippen molar-refractivity contribution in [2.24, 2.45) is 0 Å². The largest absolute Gasteiger partial charge is 0.449 e. The third-order valence-electron chi connectivity index (χ3n) is 2.40. The Morgan fingerprint density at radius 1 is 1.10 bits per heavy atom. The molecule has 0 N–H and O–H groups in total. The summed E-state index contributed by atoms with van der Waals surface area (Å²) < 4.78 is 5.42. The Hall–Kier alpha value is -2.29. The van der Waals surface area contributed by atoms with Crippen LogP contribution in [0.4, 0.5) is 5.69 Å². The summed E-state index contributed by atoms with van der Waals surface area (Å²) in [7, 11) is 0. The minimum Gasteiger partial charge on any atom is -0.449 e. The van der Waals surface area contributed by atoms with E-state index in [4.69, 9.17) is 33.2 Å². The maximum absolute atomic E-state index is 11.0. The van der Waals surface area contributed by atoms with Crippen LogP contribution >= 0.6 is 23.2 Å². The number of nitriles is 1. The molecular weight excluding hydrogens is 303 g/mol. The molecule has 5 nitrogen and oxygen atoms in total. The van der Waals surface area contributed by atoms with Gasteiger partial charge in [0.2, 0.25) is 5.75 Å². The van der Waals surface area contributed by atoms with Crippen molar-refractivity contribution in [1.29, 1.82) is 5.26 Å². The van der Waals surface area contributed by atoms with Crippen LogP contribution in [-0.4, -0.2) is 4.92 Å². The van der Waals surface area contributed by atoms with Crippen LogP contribution in [0.5, 0.6) is 11.5 Å². The minimum atomic E-state index is -0.608. The molecule has 0 saturated heterocycles. The lowest BCUT2D eigenvalue weighted by molar-refractivity contribution is -0.385. The van der Waals surface area contributed by atoms with Gasteiger partial charge in [-0.2, -0.15) is 5.26 Å². The second kappa shape index (κ2) is 5.78. The highest BCUT2D eigenvalue weighted by molar-refractivity contribution is 6.31. The van der Waals surface area contributed by atoms with Gasteiger partial charge in [-0.3, -0.25) is 10.1 Å². The summed E-state index contributed by atoms with van der Waals surface area (Å²) in [5.41, 5.74) is -0.0990. The molecule has 0 spiro atoms. The smallest absolute Gasteiger partial charge is 0.313 e. The summed E-state index contributed by atoms with van der Waals surface area (Å²) in [6.45, 7) is 0. The zero-order valence-electron chi connectivity index (χ0n) is 9.84. The number of halogens is 2. The summed E-state index contributed by atoms with van der Waals surface area (Å²) in [6.07, 6.45) is 0. The van der Waals surface area contributed by atoms with E-state index in [2.05, 4.69) is 0 Å². The first-order valence-corrected chi connectivity index (χ1v) is 6.08. The molecule has 0 saturated carbocycles. The highest BCUT2D eigenvalue weighted by atomic mass is 35.5. The van der Waals surface area contributed by atoms with Gasteiger partial charge in [-0.1, -0.05) is 23.2 Å². The minimum absolute atomic E-state index is 0.00165. The van der Waals surface area contributed by atoms with Crippen LogP contribution in [0.15, 0.2) is 36.4 Å². The van der Waals surface area contributed by atoms with E-state index < -0.39 is 4.92 Å². The van der Waals surface area contributed by atoms with Crippen LogP contribution < -0.4 is 4.74 Å². The van der Waals surface area contributed by atoms with Gasteiger partial charge in [0.15, 0.2) is 0 Å². The molecule has 0 fully saturated rings. The van der Waals surface area contributed by atoms with E-state index in [1.165, 1.54) is 36.4 Å². The molecule has 2 aromatic rings. The Morgan fingerprint density at radius 2 is 1.70 bits per heavy atom. The van der Waals surface area contributed by atoms with Gasteiger partial charge in [-0.05, 0) is 30.3 Å². The first-order valence-electron chi connectivity index (χ1n) is 5.32. The Bertz CT molecular complexity index is 726. The van der Waals surface area contributed by atoms with Crippen molar-refractivity contribution in [3.63, 3.8) is 0 Å². The molecule has 0 amide bonds. The van der Waals surface area contributed by atoms with Gasteiger partial charge in [-0.15, -0.1) is 0 Å². The monoisotopic (exact) mass is 308 g/mol. The van der Waals surface area contributed by atoms with Crippen molar-refractivity contribution in [1.82, 2.24) is 0 Å². The van der Waals surface area contributed by atoms with Crippen molar-refractivity contribution < 1.29 is 9.66 Å². The molecule has 0 aliphatic rings. The highest BCUT2D eigenvalue weighted by Gasteiger charge is 2.17. The van der Waals surface area contributed by atoms with Crippen LogP contribution in [0.2, 0.25) is 10.0 Å². The lowest BCUT2D eigenvalue weighted by Gasteiger charge is -2.08. The van der Waals surface area contributed by atoms with Crippen molar-refractivity contribution in [3.05, 3.63) is 62.1 Å². The number of benzene rings is 2. The summed E-state index contributed by atoms with van der Waals surface area (Å²) >= 11 is 11.5. The third kappa shape index (κ3) is 2.99. The molecule has 2 aromatic carbocycles. The molecule has 0 unspecified atom stereocenters. The predicted octanol–water partition coefficient (Wildman–Crippen LogP) is 4.57. The standard InChI is InChI=1S/C13H6Cl2N2O3/c14-9-1-3-12(8(5-9)7-16)20-13-4-2-10(15)6-11(13)17(18)19/h1-6H. The molecule has 20 heavy (non-hydrogen) atoms. The molecule has 100 valence electrons. The lowest BCUT2D eigenvalue weighted by Crippen LogP contribution is -1.94. The molecule has 0 radical (unpaired) electrons. The molecular formula is C13H6Cl2N2O3. The molecule has 2 rings (SSSR count). The topological polar surface area (TPSA) is 76.2 Å². The molecule has 0 heterocycles. The Morgan fingerprint density at radius 3 is 2.30 bits per heavy atom. The van der Waals surface area contributed by atoms with Crippen LogP contribution in [-0.2, 0) is 0 Å². The van der Waals surface area contributed by atoms with E-state index in [0.717, 1.165) is 0 Å². The molecule has 0 atom stereocenters. The average molecular weight is 309 g/mol. The fourth-order valence-electron chi connectivity index (χ4n) is 1.52. The number of rotatable bonds is 3. The zero-order chi connectivity index (χ0) is 14.7. The predicted molar refractivity (Wildman–Crippen MR) is 74.3 cm³/mol. The number of nitro benzene ring substituents is 1. The summed E-state index contributed by atoms with van der Waals surface area (Å²) in [6, 6.07) is 10.3. The maximum atomic E-state index is 11.0. The molecule has 0 aliphatic carbocycles. The van der Waals surface area contributed by atoms with E-state index in [-0.39, 0.29) is 27.8 Å². The number of ether oxygens (including phenoxy) is 1. The first-order chi connectivity index (χ1) is 9.51. The number of hydrogen-bond donors (Lipinski definition) is 0. The van der Waals surface area contributed by atoms with E-state index in [1.54, 1.807) is 0 Å². The SMILES string of the molecule is N#Cc1cc(Cl)ccc1Oc1ccc(Cl)cc1[N+](=O)[O-]. The molecule has 0 aliphatic heterocycles. The maximum Gasteiger partial charge on any atom is 0.313 e. The number of nitrogens with zero attached hydrogens (tertiary/aromatic N) is 2. The van der Waals surface area contributed by atoms with Gasteiger partial charge in [0.1, 0.15) is 11.8 Å². The first kappa shape index (κ1) is 14.1. The van der Waals surface area contributed by atoms with Crippen molar-refractivity contribution >= 4 is 28.9 Å². The van der Waals surface area contributed by atoms with Crippen molar-refractivity contribution in [3.8, 4) is 17.6 Å². The summed E-state index contributed by atoms with van der Waals surface area (Å²) in [5, 5.41) is 20.6. The second-order valence-corrected chi connectivity index (χ2v) is 4.60. The van der Waals surface area contributed by atoms with Gasteiger partial charge in [0.05, 0.1) is 10.5 Å². The second-order valence-electron chi connectivity index (χ2n) is 3.72. The molecule has 0 aromatic heterocycles. The zero-order valence-corrected chi connectivity index (χ0v) is 11.4. The van der Waals surface area contributed by atoms with Gasteiger partial charge in [0, 0.05) is 16.1 Å². The summed E-state index contributed by atoms with van der Waals surface area (Å²) in [4.78, 5) is 10.3. The van der Waals surface area contributed by atoms with Gasteiger partial charge >= 0.3 is 5.69 Å². The third-order valence-corrected chi connectivity index (χ3v) is 2.87. The fraction of sp³-hybridized carbons (Fsp3) is 0. The van der Waals surface area contributed by atoms with Crippen molar-refractivity contribution in [2.75, 3.05) is 0 Å². The lowest BCUT2D eigenvalue weighted by atomic mass is 10.2. The number of hydrogen-bond acceptors (Lipinski definition) is 4. The normalized spacial score (nSPS) is 9.85. The van der Waals surface area contributed by atoms with Crippen LogP contribution in [0.3, 0.4) is 0 Å². The van der Waals surface area contributed by atoms with Crippen molar-refractivity contribution in [2.45, 2.75) is 0 Å². The molecule has 7 heteroatoms. The van der Waals surface area contributed by atoms with E-state index in [0.29, 0.717) is 5.02 Å². The van der Waals surface area contributed by atoms with E-state index in [9.17, 15) is 10.1 Å². The molecule has 0 bridgehead atoms. The Balaban J connectivity index is 2.45. The van der Waals surface area contributed by atoms with Crippen LogP contribution in [0.25, 0.3) is 0 Å². The van der Waals surface area contributed by atoms with Crippen LogP contribution in [0.1, 0.15) is 5.56 Å². The number of nitro groups is 1.